The Kier molecular flexibility index (Phi) is 8.46. The fraction of sp³-hybridized carbons (Fsp3) is 0.217. The van der Waals surface area contributed by atoms with E-state index in [1.54, 1.807) is 24.5 Å². The van der Waals surface area contributed by atoms with Crippen molar-refractivity contribution in [3.8, 4) is 17.2 Å². The van der Waals surface area contributed by atoms with Crippen LogP contribution in [0.25, 0.3) is 0 Å². The number of hydrogen-bond acceptors (Lipinski definition) is 7. The molecule has 1 N–H and O–H groups in total. The second-order valence-electron chi connectivity index (χ2n) is 6.79. The van der Waals surface area contributed by atoms with Gasteiger partial charge in [0, 0.05) is 43.3 Å². The average molecular weight is 490 g/mol. The normalized spacial score (nSPS) is 10.4. The van der Waals surface area contributed by atoms with E-state index in [1.165, 1.54) is 32.7 Å². The third kappa shape index (κ3) is 6.12. The summed E-state index contributed by atoms with van der Waals surface area (Å²) in [5, 5.41) is 3.28. The first kappa shape index (κ1) is 24.3. The number of nitrogens with zero attached hydrogens (tertiary/aromatic N) is 2. The number of ether oxygens (including phenoxy) is 3. The standard InChI is InChI=1S/C23H21Cl2N3O5/c1-31-20-6-5-15(19(29)8-16-17(24)11-27-12-18(16)25)22(23(20)32-2)33-13-21(30)28-10-14-4-3-7-26-9-14/h3-7,9,11-12H,8,10,13H2,1-2H3,(H,28,30). The first-order valence-corrected chi connectivity index (χ1v) is 10.5. The molecule has 33 heavy (non-hydrogen) atoms. The van der Waals surface area contributed by atoms with Crippen LogP contribution in [0.3, 0.4) is 0 Å². The average Bonchev–Trinajstić information content (AvgIpc) is 2.83. The van der Waals surface area contributed by atoms with Gasteiger partial charge in [-0.25, -0.2) is 0 Å². The van der Waals surface area contributed by atoms with Gasteiger partial charge in [0.25, 0.3) is 5.91 Å². The summed E-state index contributed by atoms with van der Waals surface area (Å²) >= 11 is 12.3. The number of nitrogens with one attached hydrogen (secondary N) is 1. The Morgan fingerprint density at radius 1 is 0.970 bits per heavy atom. The van der Waals surface area contributed by atoms with Crippen LogP contribution in [0.15, 0.2) is 49.1 Å². The molecule has 1 amide bonds. The molecule has 0 aliphatic carbocycles. The highest BCUT2D eigenvalue weighted by Crippen LogP contribution is 2.40. The molecule has 2 heterocycles. The van der Waals surface area contributed by atoms with Crippen LogP contribution in [0, 0.1) is 0 Å². The Bertz CT molecular complexity index is 1120. The zero-order chi connectivity index (χ0) is 23.8. The maximum Gasteiger partial charge on any atom is 0.258 e. The van der Waals surface area contributed by atoms with Crippen molar-refractivity contribution in [2.24, 2.45) is 0 Å². The third-order valence-electron chi connectivity index (χ3n) is 4.65. The molecule has 3 rings (SSSR count). The first-order chi connectivity index (χ1) is 15.9. The van der Waals surface area contributed by atoms with E-state index >= 15 is 0 Å². The van der Waals surface area contributed by atoms with Gasteiger partial charge in [0.15, 0.2) is 23.9 Å². The second-order valence-corrected chi connectivity index (χ2v) is 7.60. The van der Waals surface area contributed by atoms with Crippen molar-refractivity contribution < 1.29 is 23.8 Å². The van der Waals surface area contributed by atoms with Crippen LogP contribution in [0.1, 0.15) is 21.5 Å². The van der Waals surface area contributed by atoms with Gasteiger partial charge < -0.3 is 19.5 Å². The number of Topliss-reactive ketones (excluding diaryl/α,β-unsaturated/α-hetero) is 1. The largest absolute Gasteiger partial charge is 0.493 e. The fourth-order valence-corrected chi connectivity index (χ4v) is 3.51. The highest BCUT2D eigenvalue weighted by Gasteiger charge is 2.23. The van der Waals surface area contributed by atoms with Crippen LogP contribution in [-0.4, -0.2) is 42.5 Å². The Hall–Kier alpha value is -3.36. The van der Waals surface area contributed by atoms with Gasteiger partial charge in [-0.3, -0.25) is 19.6 Å². The Balaban J connectivity index is 1.81. The number of hydrogen-bond donors (Lipinski definition) is 1. The molecule has 0 fully saturated rings. The number of methoxy groups -OCH3 is 2. The molecule has 0 saturated heterocycles. The minimum absolute atomic E-state index is 0.0830. The molecule has 0 bridgehead atoms. The summed E-state index contributed by atoms with van der Waals surface area (Å²) in [7, 11) is 2.87. The van der Waals surface area contributed by atoms with E-state index in [9.17, 15) is 9.59 Å². The molecule has 1 aromatic carbocycles. The van der Waals surface area contributed by atoms with E-state index in [0.29, 0.717) is 11.3 Å². The first-order valence-electron chi connectivity index (χ1n) is 9.79. The number of carbonyl (C=O) groups excluding carboxylic acids is 2. The van der Waals surface area contributed by atoms with Gasteiger partial charge >= 0.3 is 0 Å². The number of benzene rings is 1. The molecule has 0 radical (unpaired) electrons. The number of aromatic nitrogens is 2. The predicted octanol–water partition coefficient (Wildman–Crippen LogP) is 3.92. The second kappa shape index (κ2) is 11.5. The molecule has 0 unspecified atom stereocenters. The molecule has 0 aliphatic rings. The van der Waals surface area contributed by atoms with Crippen LogP contribution in [0.4, 0.5) is 0 Å². The molecule has 0 spiro atoms. The molecule has 10 heteroatoms. The molecule has 0 atom stereocenters. The van der Waals surface area contributed by atoms with Gasteiger partial charge in [-0.1, -0.05) is 29.3 Å². The van der Waals surface area contributed by atoms with Crippen molar-refractivity contribution in [2.45, 2.75) is 13.0 Å². The maximum atomic E-state index is 13.1. The van der Waals surface area contributed by atoms with Crippen LogP contribution in [0.2, 0.25) is 10.0 Å². The quantitative estimate of drug-likeness (QED) is 0.430. The van der Waals surface area contributed by atoms with E-state index in [2.05, 4.69) is 15.3 Å². The monoisotopic (exact) mass is 489 g/mol. The van der Waals surface area contributed by atoms with Crippen molar-refractivity contribution in [2.75, 3.05) is 20.8 Å². The van der Waals surface area contributed by atoms with Gasteiger partial charge in [-0.2, -0.15) is 0 Å². The summed E-state index contributed by atoms with van der Waals surface area (Å²) in [5.74, 6) is -0.103. The summed E-state index contributed by atoms with van der Waals surface area (Å²) in [4.78, 5) is 33.4. The predicted molar refractivity (Wildman–Crippen MR) is 123 cm³/mol. The van der Waals surface area contributed by atoms with Gasteiger partial charge in [-0.05, 0) is 23.8 Å². The summed E-state index contributed by atoms with van der Waals surface area (Å²) in [6.45, 7) is -0.0586. The van der Waals surface area contributed by atoms with Gasteiger partial charge in [0.2, 0.25) is 5.75 Å². The maximum absolute atomic E-state index is 13.1. The number of rotatable bonds is 10. The topological polar surface area (TPSA) is 99.6 Å². The summed E-state index contributed by atoms with van der Waals surface area (Å²) in [5.41, 5.74) is 1.47. The smallest absolute Gasteiger partial charge is 0.258 e. The third-order valence-corrected chi connectivity index (χ3v) is 5.30. The van der Waals surface area contributed by atoms with Crippen LogP contribution in [-0.2, 0) is 17.8 Å². The summed E-state index contributed by atoms with van der Waals surface area (Å²) in [6.07, 6.45) is 6.02. The minimum Gasteiger partial charge on any atom is -0.493 e. The SMILES string of the molecule is COc1ccc(C(=O)Cc2c(Cl)cncc2Cl)c(OCC(=O)NCc2cccnc2)c1OC. The molecule has 8 nitrogen and oxygen atoms in total. The molecule has 2 aromatic heterocycles. The zero-order valence-corrected chi connectivity index (χ0v) is 19.4. The van der Waals surface area contributed by atoms with Gasteiger partial charge in [0.05, 0.1) is 29.8 Å². The van der Waals surface area contributed by atoms with E-state index in [4.69, 9.17) is 37.4 Å². The van der Waals surface area contributed by atoms with Crippen molar-refractivity contribution in [3.63, 3.8) is 0 Å². The molecular weight excluding hydrogens is 469 g/mol. The minimum atomic E-state index is -0.387. The summed E-state index contributed by atoms with van der Waals surface area (Å²) in [6, 6.07) is 6.73. The Morgan fingerprint density at radius 3 is 2.36 bits per heavy atom. The van der Waals surface area contributed by atoms with Crippen molar-refractivity contribution in [1.82, 2.24) is 15.3 Å². The number of halogens is 2. The van der Waals surface area contributed by atoms with Crippen LogP contribution in [0.5, 0.6) is 17.2 Å². The van der Waals surface area contributed by atoms with Gasteiger partial charge in [-0.15, -0.1) is 0 Å². The molecule has 0 saturated carbocycles. The zero-order valence-electron chi connectivity index (χ0n) is 17.9. The molecular formula is C23H21Cl2N3O5. The van der Waals surface area contributed by atoms with Crippen molar-refractivity contribution in [1.29, 1.82) is 0 Å². The number of amides is 1. The highest BCUT2D eigenvalue weighted by molar-refractivity contribution is 6.36. The lowest BCUT2D eigenvalue weighted by Crippen LogP contribution is -2.28. The Morgan fingerprint density at radius 2 is 1.73 bits per heavy atom. The lowest BCUT2D eigenvalue weighted by molar-refractivity contribution is -0.123. The van der Waals surface area contributed by atoms with Crippen molar-refractivity contribution in [3.05, 3.63) is 75.8 Å². The van der Waals surface area contributed by atoms with Gasteiger partial charge in [0.1, 0.15) is 0 Å². The fourth-order valence-electron chi connectivity index (χ4n) is 3.02. The summed E-state index contributed by atoms with van der Waals surface area (Å²) < 4.78 is 16.5. The number of ketones is 1. The molecule has 3 aromatic rings. The van der Waals surface area contributed by atoms with Crippen LogP contribution < -0.4 is 19.5 Å². The lowest BCUT2D eigenvalue weighted by atomic mass is 10.0. The van der Waals surface area contributed by atoms with E-state index in [1.807, 2.05) is 6.07 Å². The Labute approximate surface area is 200 Å². The molecule has 0 aliphatic heterocycles. The van der Waals surface area contributed by atoms with Crippen molar-refractivity contribution >= 4 is 34.9 Å². The molecule has 172 valence electrons. The number of carbonyl (C=O) groups is 2. The number of pyridine rings is 2. The van der Waals surface area contributed by atoms with E-state index in [0.717, 1.165) is 5.56 Å². The van der Waals surface area contributed by atoms with E-state index in [-0.39, 0.29) is 58.4 Å². The highest BCUT2D eigenvalue weighted by atomic mass is 35.5. The lowest BCUT2D eigenvalue weighted by Gasteiger charge is -2.17. The van der Waals surface area contributed by atoms with E-state index < -0.39 is 0 Å². The van der Waals surface area contributed by atoms with Crippen LogP contribution >= 0.6 is 23.2 Å².